The molecule has 1 unspecified atom stereocenters. The Morgan fingerprint density at radius 3 is 2.47 bits per heavy atom. The van der Waals surface area contributed by atoms with Crippen LogP contribution in [-0.2, 0) is 0 Å². The average molecular weight is 490 g/mol. The number of hydrogen-bond donors (Lipinski definition) is 1. The Morgan fingerprint density at radius 2 is 1.79 bits per heavy atom. The van der Waals surface area contributed by atoms with Gasteiger partial charge in [0, 0.05) is 15.7 Å². The van der Waals surface area contributed by atoms with E-state index in [2.05, 4.69) is 33.1 Å². The van der Waals surface area contributed by atoms with Gasteiger partial charge >= 0.3 is 0 Å². The molecule has 5 nitrogen and oxygen atoms in total. The summed E-state index contributed by atoms with van der Waals surface area (Å²) in [5.41, 5.74) is 1.00. The number of nitrogens with zero attached hydrogens (tertiary/aromatic N) is 4. The van der Waals surface area contributed by atoms with Crippen molar-refractivity contribution in [3.8, 4) is 0 Å². The second-order valence-corrected chi connectivity index (χ2v) is 10.9. The lowest BCUT2D eigenvalue weighted by molar-refractivity contribution is 0.146. The Kier molecular flexibility index (Phi) is 7.23. The second kappa shape index (κ2) is 10.00. The van der Waals surface area contributed by atoms with Gasteiger partial charge in [0.1, 0.15) is 17.5 Å². The number of fused-ring (bicyclic) bond motifs is 1. The van der Waals surface area contributed by atoms with Crippen molar-refractivity contribution in [3.05, 3.63) is 52.7 Å². The number of pyridine rings is 1. The number of halogens is 3. The fraction of sp³-hybridized carbons (Fsp3) is 0.440. The fourth-order valence-corrected chi connectivity index (χ4v) is 6.25. The Labute approximate surface area is 200 Å². The van der Waals surface area contributed by atoms with Crippen molar-refractivity contribution in [1.82, 2.24) is 19.9 Å². The first kappa shape index (κ1) is 24.6. The molecular weight excluding hydrogens is 459 g/mol. The van der Waals surface area contributed by atoms with Gasteiger partial charge in [-0.05, 0) is 59.8 Å². The molecule has 0 radical (unpaired) electrons. The number of rotatable bonds is 6. The first-order chi connectivity index (χ1) is 16.2. The highest BCUT2D eigenvalue weighted by atomic mass is 32.2. The number of benzene rings is 1. The number of piperidine rings is 1. The molecule has 1 aliphatic rings. The normalized spacial score (nSPS) is 17.3. The first-order valence-electron chi connectivity index (χ1n) is 11.4. The maximum atomic E-state index is 14.8. The monoisotopic (exact) mass is 489 g/mol. The van der Waals surface area contributed by atoms with Crippen molar-refractivity contribution >= 4 is 33.2 Å². The largest absolute Gasteiger partial charge is 0.363 e. The van der Waals surface area contributed by atoms with E-state index in [0.717, 1.165) is 48.0 Å². The summed E-state index contributed by atoms with van der Waals surface area (Å²) >= 11 is 0. The van der Waals surface area contributed by atoms with Crippen molar-refractivity contribution < 1.29 is 13.2 Å². The lowest BCUT2D eigenvalue weighted by Gasteiger charge is -2.31. The molecule has 0 spiro atoms. The molecule has 1 saturated heterocycles. The summed E-state index contributed by atoms with van der Waals surface area (Å²) in [5.74, 6) is 4.63. The van der Waals surface area contributed by atoms with E-state index in [9.17, 15) is 13.2 Å². The number of hydrogen-bond acceptors (Lipinski definition) is 5. The number of aryl methyl sites for hydroxylation is 2. The molecule has 1 fully saturated rings. The van der Waals surface area contributed by atoms with Crippen LogP contribution in [-0.4, -0.2) is 51.1 Å². The predicted molar refractivity (Wildman–Crippen MR) is 134 cm³/mol. The van der Waals surface area contributed by atoms with Crippen LogP contribution < -0.4 is 5.32 Å². The van der Waals surface area contributed by atoms with Crippen LogP contribution in [0.15, 0.2) is 29.2 Å². The molecule has 1 aromatic carbocycles. The fourth-order valence-electron chi connectivity index (χ4n) is 4.41. The summed E-state index contributed by atoms with van der Waals surface area (Å²) in [6.45, 7) is 7.58. The van der Waals surface area contributed by atoms with Gasteiger partial charge < -0.3 is 10.2 Å². The summed E-state index contributed by atoms with van der Waals surface area (Å²) in [6.07, 6.45) is -0.696. The Balaban J connectivity index is 1.71. The molecule has 0 aliphatic carbocycles. The molecule has 1 aliphatic heterocycles. The van der Waals surface area contributed by atoms with E-state index < -0.39 is 23.8 Å². The Morgan fingerprint density at radius 1 is 1.12 bits per heavy atom. The lowest BCUT2D eigenvalue weighted by Crippen LogP contribution is -2.32. The maximum absolute atomic E-state index is 14.8. The summed E-state index contributed by atoms with van der Waals surface area (Å²) in [5, 5.41) is 4.43. The van der Waals surface area contributed by atoms with Crippen molar-refractivity contribution in [2.24, 2.45) is 0 Å². The third-order valence-electron chi connectivity index (χ3n) is 6.41. The highest BCUT2D eigenvalue weighted by Crippen LogP contribution is 2.39. The molecule has 34 heavy (non-hydrogen) atoms. The quantitative estimate of drug-likeness (QED) is 0.428. The van der Waals surface area contributed by atoms with Gasteiger partial charge in [-0.25, -0.2) is 28.1 Å². The number of nitrogens with one attached hydrogen (secondary N) is 1. The third-order valence-corrected chi connectivity index (χ3v) is 8.66. The Hall–Kier alpha value is -2.52. The van der Waals surface area contributed by atoms with E-state index in [1.807, 2.05) is 13.0 Å². The average Bonchev–Trinajstić information content (AvgIpc) is 2.78. The summed E-state index contributed by atoms with van der Waals surface area (Å²) < 4.78 is 41.1. The zero-order valence-corrected chi connectivity index (χ0v) is 20.7. The van der Waals surface area contributed by atoms with Gasteiger partial charge in [0.2, 0.25) is 0 Å². The topological polar surface area (TPSA) is 53.9 Å². The molecule has 182 valence electrons. The summed E-state index contributed by atoms with van der Waals surface area (Å²) in [6, 6.07) is 5.52. The highest BCUT2D eigenvalue weighted by molar-refractivity contribution is 8.14. The number of anilines is 1. The number of aromatic nitrogens is 3. The summed E-state index contributed by atoms with van der Waals surface area (Å²) in [4.78, 5) is 17.2. The number of likely N-dealkylation sites (tertiary alicyclic amines) is 1. The lowest BCUT2D eigenvalue weighted by atomic mass is 10.0. The SMILES string of the molecule is C=S(c1cc2c(N[C@H](C)c3cccc(C(F)F)c3F)nc(C)nc2nc1C)C1CCN(C)CC1. The zero-order chi connectivity index (χ0) is 24.6. The van der Waals surface area contributed by atoms with Crippen LogP contribution >= 0.6 is 10.5 Å². The van der Waals surface area contributed by atoms with E-state index in [0.29, 0.717) is 22.5 Å². The van der Waals surface area contributed by atoms with Crippen LogP contribution in [0.4, 0.5) is 19.0 Å². The molecule has 1 N–H and O–H groups in total. The molecule has 0 bridgehead atoms. The van der Waals surface area contributed by atoms with Gasteiger partial charge in [-0.1, -0.05) is 24.1 Å². The second-order valence-electron chi connectivity index (χ2n) is 8.91. The summed E-state index contributed by atoms with van der Waals surface area (Å²) in [7, 11) is 1.90. The Bertz CT molecular complexity index is 1220. The molecule has 3 heterocycles. The minimum absolute atomic E-state index is 0.158. The van der Waals surface area contributed by atoms with Gasteiger partial charge in [-0.3, -0.25) is 0 Å². The van der Waals surface area contributed by atoms with E-state index in [1.165, 1.54) is 12.1 Å². The van der Waals surface area contributed by atoms with Crippen LogP contribution in [0.3, 0.4) is 0 Å². The van der Waals surface area contributed by atoms with E-state index >= 15 is 0 Å². The van der Waals surface area contributed by atoms with Crippen molar-refractivity contribution in [2.75, 3.05) is 25.5 Å². The minimum Gasteiger partial charge on any atom is -0.363 e. The van der Waals surface area contributed by atoms with Crippen LogP contribution in [0.2, 0.25) is 0 Å². The molecule has 2 atom stereocenters. The van der Waals surface area contributed by atoms with E-state index in [1.54, 1.807) is 13.8 Å². The van der Waals surface area contributed by atoms with Crippen LogP contribution in [0.25, 0.3) is 11.0 Å². The van der Waals surface area contributed by atoms with E-state index in [4.69, 9.17) is 4.98 Å². The van der Waals surface area contributed by atoms with Gasteiger partial charge in [0.05, 0.1) is 22.7 Å². The van der Waals surface area contributed by atoms with Gasteiger partial charge in [-0.2, -0.15) is 10.5 Å². The minimum atomic E-state index is -2.88. The van der Waals surface area contributed by atoms with Crippen molar-refractivity contribution in [2.45, 2.75) is 56.2 Å². The van der Waals surface area contributed by atoms with Crippen LogP contribution in [0, 0.1) is 19.7 Å². The van der Waals surface area contributed by atoms with E-state index in [-0.39, 0.29) is 16.0 Å². The van der Waals surface area contributed by atoms with Gasteiger partial charge in [0.15, 0.2) is 5.65 Å². The molecule has 2 aromatic heterocycles. The van der Waals surface area contributed by atoms with Crippen LogP contribution in [0.5, 0.6) is 0 Å². The predicted octanol–water partition coefficient (Wildman–Crippen LogP) is 6.05. The van der Waals surface area contributed by atoms with Gasteiger partial charge in [0.25, 0.3) is 6.43 Å². The number of alkyl halides is 2. The molecular formula is C25H30F3N5S. The molecule has 3 aromatic rings. The maximum Gasteiger partial charge on any atom is 0.266 e. The standard InChI is InChI=1S/C25H30F3N5S/c1-14(18-7-6-8-19(22(18)26)23(27)28)29-24-20-13-21(15(2)30-25(20)32-16(3)31-24)34(5)17-9-11-33(4)12-10-17/h6-8,13-14,17,23H,5,9-12H2,1-4H3,(H,29,30,31,32)/t14-,34?/m1/s1. The van der Waals surface area contributed by atoms with Crippen LogP contribution in [0.1, 0.15) is 54.9 Å². The first-order valence-corrected chi connectivity index (χ1v) is 12.8. The third kappa shape index (κ3) is 4.95. The molecule has 0 saturated carbocycles. The van der Waals surface area contributed by atoms with Crippen molar-refractivity contribution in [3.63, 3.8) is 0 Å². The highest BCUT2D eigenvalue weighted by Gasteiger charge is 2.23. The smallest absolute Gasteiger partial charge is 0.266 e. The molecule has 0 amide bonds. The van der Waals surface area contributed by atoms with Crippen molar-refractivity contribution in [1.29, 1.82) is 0 Å². The molecule has 9 heteroatoms. The zero-order valence-electron chi connectivity index (χ0n) is 19.9. The molecule has 4 rings (SSSR count). The van der Waals surface area contributed by atoms with Gasteiger partial charge in [-0.15, -0.1) is 0 Å².